The average Bonchev–Trinajstić information content (AvgIpc) is 3.04. The third-order valence-corrected chi connectivity index (χ3v) is 3.94. The Balaban J connectivity index is 1.62. The van der Waals surface area contributed by atoms with Crippen LogP contribution in [0.2, 0.25) is 0 Å². The molecule has 0 bridgehead atoms. The Bertz CT molecular complexity index is 461. The van der Waals surface area contributed by atoms with E-state index in [1.807, 2.05) is 18.2 Å². The van der Waals surface area contributed by atoms with Crippen LogP contribution < -0.4 is 11.1 Å². The van der Waals surface area contributed by atoms with Crippen LogP contribution in [0.5, 0.6) is 0 Å². The summed E-state index contributed by atoms with van der Waals surface area (Å²) in [6, 6.07) is 7.28. The minimum Gasteiger partial charge on any atom is -0.399 e. The molecule has 0 aliphatic heterocycles. The number of carbonyl (C=O) groups is 1. The highest BCUT2D eigenvalue weighted by Crippen LogP contribution is 2.37. The summed E-state index contributed by atoms with van der Waals surface area (Å²) in [5.41, 5.74) is 7.12. The molecular weight excluding hydrogens is 250 g/mol. The van der Waals surface area contributed by atoms with Crippen LogP contribution in [0.4, 0.5) is 11.4 Å². The third kappa shape index (κ3) is 4.85. The third-order valence-electron chi connectivity index (χ3n) is 3.94. The van der Waals surface area contributed by atoms with E-state index in [0.717, 1.165) is 37.0 Å². The van der Waals surface area contributed by atoms with Gasteiger partial charge in [0.1, 0.15) is 0 Å². The van der Waals surface area contributed by atoms with Gasteiger partial charge in [0, 0.05) is 24.3 Å². The van der Waals surface area contributed by atoms with E-state index in [9.17, 15) is 4.79 Å². The number of rotatable bonds is 7. The molecule has 2 unspecified atom stereocenters. The molecule has 0 saturated heterocycles. The van der Waals surface area contributed by atoms with Crippen molar-refractivity contribution < 1.29 is 4.79 Å². The number of carbonyl (C=O) groups excluding carboxylic acids is 1. The van der Waals surface area contributed by atoms with Crippen LogP contribution in [0.15, 0.2) is 24.3 Å². The van der Waals surface area contributed by atoms with Crippen LogP contribution >= 0.6 is 0 Å². The highest BCUT2D eigenvalue weighted by atomic mass is 16.1. The summed E-state index contributed by atoms with van der Waals surface area (Å²) in [4.78, 5) is 14.2. The molecule has 2 atom stereocenters. The molecule has 1 aromatic carbocycles. The summed E-state index contributed by atoms with van der Waals surface area (Å²) in [7, 11) is 2.14. The van der Waals surface area contributed by atoms with Crippen LogP contribution in [0.1, 0.15) is 26.2 Å². The summed E-state index contributed by atoms with van der Waals surface area (Å²) in [5.74, 6) is 1.83. The Morgan fingerprint density at radius 2 is 2.25 bits per heavy atom. The molecule has 110 valence electrons. The smallest absolute Gasteiger partial charge is 0.224 e. The maximum Gasteiger partial charge on any atom is 0.224 e. The van der Waals surface area contributed by atoms with Gasteiger partial charge in [0.2, 0.25) is 5.91 Å². The van der Waals surface area contributed by atoms with Gasteiger partial charge < -0.3 is 16.0 Å². The molecule has 1 amide bonds. The standard InChI is InChI=1S/C16H25N3O/c1-12-9-13(12)11-19(2)8-4-7-16(20)18-15-6-3-5-14(17)10-15/h3,5-6,10,12-13H,4,7-9,11,17H2,1-2H3,(H,18,20). The minimum atomic E-state index is 0.0591. The lowest BCUT2D eigenvalue weighted by molar-refractivity contribution is -0.116. The fraction of sp³-hybridized carbons (Fsp3) is 0.562. The molecule has 1 aliphatic carbocycles. The van der Waals surface area contributed by atoms with E-state index < -0.39 is 0 Å². The van der Waals surface area contributed by atoms with Crippen LogP contribution in [0.25, 0.3) is 0 Å². The largest absolute Gasteiger partial charge is 0.399 e. The van der Waals surface area contributed by atoms with Gasteiger partial charge in [-0.15, -0.1) is 0 Å². The van der Waals surface area contributed by atoms with Crippen molar-refractivity contribution in [1.82, 2.24) is 4.90 Å². The summed E-state index contributed by atoms with van der Waals surface area (Å²) in [6.07, 6.45) is 2.81. The molecule has 20 heavy (non-hydrogen) atoms. The number of hydrogen-bond acceptors (Lipinski definition) is 3. The molecule has 2 rings (SSSR count). The normalized spacial score (nSPS) is 20.9. The number of nitrogen functional groups attached to an aromatic ring is 1. The van der Waals surface area contributed by atoms with E-state index >= 15 is 0 Å². The van der Waals surface area contributed by atoms with Gasteiger partial charge >= 0.3 is 0 Å². The van der Waals surface area contributed by atoms with Gasteiger partial charge in [-0.3, -0.25) is 4.79 Å². The predicted octanol–water partition coefficient (Wildman–Crippen LogP) is 2.58. The van der Waals surface area contributed by atoms with Gasteiger partial charge in [-0.25, -0.2) is 0 Å². The fourth-order valence-corrected chi connectivity index (χ4v) is 2.49. The van der Waals surface area contributed by atoms with Gasteiger partial charge in [-0.2, -0.15) is 0 Å². The first-order valence-electron chi connectivity index (χ1n) is 7.38. The molecule has 1 aromatic rings. The molecule has 1 fully saturated rings. The highest BCUT2D eigenvalue weighted by Gasteiger charge is 2.32. The number of hydrogen-bond donors (Lipinski definition) is 2. The summed E-state index contributed by atoms with van der Waals surface area (Å²) >= 11 is 0. The topological polar surface area (TPSA) is 58.4 Å². The summed E-state index contributed by atoms with van der Waals surface area (Å²) < 4.78 is 0. The van der Waals surface area contributed by atoms with Crippen molar-refractivity contribution in [3.8, 4) is 0 Å². The zero-order valence-corrected chi connectivity index (χ0v) is 12.4. The van der Waals surface area contributed by atoms with Gasteiger partial charge in [0.15, 0.2) is 0 Å². The van der Waals surface area contributed by atoms with Gasteiger partial charge in [-0.05, 0) is 56.5 Å². The Hall–Kier alpha value is -1.55. The Labute approximate surface area is 121 Å². The van der Waals surface area contributed by atoms with Crippen molar-refractivity contribution in [3.05, 3.63) is 24.3 Å². The molecule has 0 heterocycles. The van der Waals surface area contributed by atoms with Crippen molar-refractivity contribution in [2.24, 2.45) is 11.8 Å². The lowest BCUT2D eigenvalue weighted by Crippen LogP contribution is -2.24. The lowest BCUT2D eigenvalue weighted by atomic mass is 10.2. The molecule has 0 radical (unpaired) electrons. The first-order chi connectivity index (χ1) is 9.54. The monoisotopic (exact) mass is 275 g/mol. The van der Waals surface area contributed by atoms with Gasteiger partial charge in [-0.1, -0.05) is 13.0 Å². The van der Waals surface area contributed by atoms with E-state index in [0.29, 0.717) is 12.1 Å². The van der Waals surface area contributed by atoms with Gasteiger partial charge in [0.25, 0.3) is 0 Å². The highest BCUT2D eigenvalue weighted by molar-refractivity contribution is 5.91. The van der Waals surface area contributed by atoms with Crippen molar-refractivity contribution in [2.45, 2.75) is 26.2 Å². The van der Waals surface area contributed by atoms with E-state index in [-0.39, 0.29) is 5.91 Å². The van der Waals surface area contributed by atoms with E-state index in [1.54, 1.807) is 6.07 Å². The second kappa shape index (κ2) is 6.75. The van der Waals surface area contributed by atoms with E-state index in [1.165, 1.54) is 6.42 Å². The lowest BCUT2D eigenvalue weighted by Gasteiger charge is -2.16. The van der Waals surface area contributed by atoms with Crippen LogP contribution in [0.3, 0.4) is 0 Å². The molecular formula is C16H25N3O. The van der Waals surface area contributed by atoms with E-state index in [2.05, 4.69) is 24.2 Å². The zero-order valence-electron chi connectivity index (χ0n) is 12.4. The summed E-state index contributed by atoms with van der Waals surface area (Å²) in [5, 5.41) is 2.88. The molecule has 3 N–H and O–H groups in total. The molecule has 0 aromatic heterocycles. The maximum atomic E-state index is 11.8. The molecule has 4 heteroatoms. The van der Waals surface area contributed by atoms with E-state index in [4.69, 9.17) is 5.73 Å². The number of benzene rings is 1. The van der Waals surface area contributed by atoms with Crippen LogP contribution in [-0.4, -0.2) is 30.9 Å². The van der Waals surface area contributed by atoms with Crippen molar-refractivity contribution in [1.29, 1.82) is 0 Å². The Kier molecular flexibility index (Phi) is 5.01. The minimum absolute atomic E-state index is 0.0591. The van der Waals surface area contributed by atoms with Crippen LogP contribution in [0, 0.1) is 11.8 Å². The van der Waals surface area contributed by atoms with Gasteiger partial charge in [0.05, 0.1) is 0 Å². The van der Waals surface area contributed by atoms with Crippen molar-refractivity contribution in [3.63, 3.8) is 0 Å². The first-order valence-corrected chi connectivity index (χ1v) is 7.38. The second-order valence-corrected chi connectivity index (χ2v) is 6.01. The summed E-state index contributed by atoms with van der Waals surface area (Å²) in [6.45, 7) is 4.45. The number of nitrogens with zero attached hydrogens (tertiary/aromatic N) is 1. The number of nitrogens with two attached hydrogens (primary N) is 1. The maximum absolute atomic E-state index is 11.8. The fourth-order valence-electron chi connectivity index (χ4n) is 2.49. The SMILES string of the molecule is CC1CC1CN(C)CCCC(=O)Nc1cccc(N)c1. The first kappa shape index (κ1) is 14.9. The number of amides is 1. The molecule has 4 nitrogen and oxygen atoms in total. The quantitative estimate of drug-likeness (QED) is 0.752. The van der Waals surface area contributed by atoms with Crippen LogP contribution in [-0.2, 0) is 4.79 Å². The average molecular weight is 275 g/mol. The Morgan fingerprint density at radius 3 is 2.90 bits per heavy atom. The predicted molar refractivity (Wildman–Crippen MR) is 83.5 cm³/mol. The molecule has 1 aliphatic rings. The second-order valence-electron chi connectivity index (χ2n) is 6.01. The van der Waals surface area contributed by atoms with Crippen molar-refractivity contribution in [2.75, 3.05) is 31.2 Å². The molecule has 0 spiro atoms. The number of anilines is 2. The molecule has 1 saturated carbocycles. The van der Waals surface area contributed by atoms with Crippen molar-refractivity contribution >= 4 is 17.3 Å². The number of nitrogens with one attached hydrogen (secondary N) is 1. The zero-order chi connectivity index (χ0) is 14.5. The Morgan fingerprint density at radius 1 is 1.50 bits per heavy atom.